The fourth-order valence-corrected chi connectivity index (χ4v) is 2.30. The van der Waals surface area contributed by atoms with E-state index in [4.69, 9.17) is 10.2 Å². The molecule has 0 bridgehead atoms. The summed E-state index contributed by atoms with van der Waals surface area (Å²) in [7, 11) is 0. The number of fused-ring (bicyclic) bond motifs is 1. The SMILES string of the molecule is CC1=CC(=O)c2ccccc2C1=O.Oc1ccccc1.Oc1ccccc1. The second-order valence-electron chi connectivity index (χ2n) is 5.74. The number of para-hydroxylation sites is 2. The van der Waals surface area contributed by atoms with Gasteiger partial charge in [0.05, 0.1) is 0 Å². The van der Waals surface area contributed by atoms with Crippen LogP contribution in [0.15, 0.2) is 96.6 Å². The zero-order valence-electron chi connectivity index (χ0n) is 14.9. The second-order valence-corrected chi connectivity index (χ2v) is 5.74. The fourth-order valence-electron chi connectivity index (χ4n) is 2.30. The maximum Gasteiger partial charge on any atom is 0.189 e. The molecule has 0 aromatic heterocycles. The third-order valence-corrected chi connectivity index (χ3v) is 3.66. The van der Waals surface area contributed by atoms with Gasteiger partial charge in [-0.1, -0.05) is 60.7 Å². The molecule has 4 heteroatoms. The van der Waals surface area contributed by atoms with Crippen LogP contribution in [0.5, 0.6) is 11.5 Å². The molecule has 136 valence electrons. The van der Waals surface area contributed by atoms with Crippen molar-refractivity contribution < 1.29 is 19.8 Å². The van der Waals surface area contributed by atoms with E-state index in [1.807, 2.05) is 12.1 Å². The summed E-state index contributed by atoms with van der Waals surface area (Å²) < 4.78 is 0. The predicted octanol–water partition coefficient (Wildman–Crippen LogP) is 4.80. The molecule has 0 fully saturated rings. The Morgan fingerprint density at radius 2 is 1.00 bits per heavy atom. The number of hydrogen-bond donors (Lipinski definition) is 2. The molecule has 0 aliphatic heterocycles. The van der Waals surface area contributed by atoms with E-state index in [0.29, 0.717) is 28.2 Å². The van der Waals surface area contributed by atoms with Gasteiger partial charge in [0.25, 0.3) is 0 Å². The van der Waals surface area contributed by atoms with Gasteiger partial charge in [0.1, 0.15) is 11.5 Å². The summed E-state index contributed by atoms with van der Waals surface area (Å²) in [5.41, 5.74) is 1.55. The van der Waals surface area contributed by atoms with Gasteiger partial charge < -0.3 is 10.2 Å². The minimum atomic E-state index is -0.0762. The first-order valence-corrected chi connectivity index (χ1v) is 8.33. The van der Waals surface area contributed by atoms with Crippen molar-refractivity contribution in [2.45, 2.75) is 6.92 Å². The molecule has 3 aromatic carbocycles. The Morgan fingerprint density at radius 1 is 0.593 bits per heavy atom. The van der Waals surface area contributed by atoms with Crippen LogP contribution in [0.3, 0.4) is 0 Å². The zero-order chi connectivity index (χ0) is 19.6. The van der Waals surface area contributed by atoms with E-state index in [1.54, 1.807) is 79.7 Å². The molecule has 0 saturated heterocycles. The molecule has 2 N–H and O–H groups in total. The summed E-state index contributed by atoms with van der Waals surface area (Å²) >= 11 is 0. The summed E-state index contributed by atoms with van der Waals surface area (Å²) in [6.07, 6.45) is 1.39. The molecule has 27 heavy (non-hydrogen) atoms. The van der Waals surface area contributed by atoms with Crippen molar-refractivity contribution >= 4 is 11.6 Å². The van der Waals surface area contributed by atoms with Crippen LogP contribution in [0.2, 0.25) is 0 Å². The molecular weight excluding hydrogens is 340 g/mol. The second kappa shape index (κ2) is 9.73. The van der Waals surface area contributed by atoms with E-state index in [-0.39, 0.29) is 11.6 Å². The van der Waals surface area contributed by atoms with Gasteiger partial charge in [0.2, 0.25) is 0 Å². The normalized spacial score (nSPS) is 11.8. The number of phenols is 2. The van der Waals surface area contributed by atoms with Crippen molar-refractivity contribution in [3.05, 3.63) is 108 Å². The van der Waals surface area contributed by atoms with Gasteiger partial charge in [-0.3, -0.25) is 9.59 Å². The van der Waals surface area contributed by atoms with Crippen LogP contribution < -0.4 is 0 Å². The van der Waals surface area contributed by atoms with Crippen molar-refractivity contribution in [2.75, 3.05) is 0 Å². The van der Waals surface area contributed by atoms with Gasteiger partial charge in [0.15, 0.2) is 11.6 Å². The average Bonchev–Trinajstić information content (AvgIpc) is 2.69. The number of allylic oxidation sites excluding steroid dienone is 2. The highest BCUT2D eigenvalue weighted by Gasteiger charge is 2.21. The number of rotatable bonds is 0. The Hall–Kier alpha value is -3.66. The summed E-state index contributed by atoms with van der Waals surface area (Å²) in [5.74, 6) is 0.521. The van der Waals surface area contributed by atoms with Gasteiger partial charge in [-0.25, -0.2) is 0 Å². The Kier molecular flexibility index (Phi) is 7.08. The Labute approximate surface area is 158 Å². The van der Waals surface area contributed by atoms with Crippen molar-refractivity contribution in [1.82, 2.24) is 0 Å². The number of aromatic hydroxyl groups is 2. The van der Waals surface area contributed by atoms with Crippen molar-refractivity contribution in [3.8, 4) is 11.5 Å². The van der Waals surface area contributed by atoms with E-state index >= 15 is 0 Å². The van der Waals surface area contributed by atoms with Gasteiger partial charge in [-0.15, -0.1) is 0 Å². The van der Waals surface area contributed by atoms with Crippen LogP contribution in [0.1, 0.15) is 27.6 Å². The summed E-state index contributed by atoms with van der Waals surface area (Å²) in [6, 6.07) is 24.3. The topological polar surface area (TPSA) is 74.6 Å². The summed E-state index contributed by atoms with van der Waals surface area (Å²) in [5, 5.41) is 17.3. The Bertz CT molecular complexity index is 891. The number of phenolic OH excluding ortho intramolecular Hbond substituents is 2. The molecule has 4 nitrogen and oxygen atoms in total. The van der Waals surface area contributed by atoms with Gasteiger partial charge in [-0.05, 0) is 37.3 Å². The van der Waals surface area contributed by atoms with E-state index in [0.717, 1.165) is 0 Å². The first-order chi connectivity index (χ1) is 13.0. The smallest absolute Gasteiger partial charge is 0.189 e. The van der Waals surface area contributed by atoms with Crippen LogP contribution in [0, 0.1) is 0 Å². The van der Waals surface area contributed by atoms with Gasteiger partial charge >= 0.3 is 0 Å². The third-order valence-electron chi connectivity index (χ3n) is 3.66. The molecule has 1 aliphatic carbocycles. The van der Waals surface area contributed by atoms with Crippen LogP contribution in [-0.4, -0.2) is 21.8 Å². The fraction of sp³-hybridized carbons (Fsp3) is 0.0435. The monoisotopic (exact) mass is 360 g/mol. The lowest BCUT2D eigenvalue weighted by atomic mass is 9.90. The first kappa shape index (κ1) is 19.7. The molecule has 1 aliphatic rings. The average molecular weight is 360 g/mol. The summed E-state index contributed by atoms with van der Waals surface area (Å²) in [4.78, 5) is 23.0. The van der Waals surface area contributed by atoms with Crippen LogP contribution in [0.25, 0.3) is 0 Å². The standard InChI is InChI=1S/C11H8O2.2C6H6O/c1-7-6-10(12)8-4-2-3-5-9(8)11(7)13;2*7-6-4-2-1-3-5-6/h2-6H,1H3;2*1-5,7H. The number of hydrogen-bond acceptors (Lipinski definition) is 4. The number of benzene rings is 3. The number of Topliss-reactive ketones (excluding diaryl/α,β-unsaturated/α-hetero) is 1. The number of ketones is 2. The van der Waals surface area contributed by atoms with Crippen LogP contribution in [0.4, 0.5) is 0 Å². The molecule has 0 radical (unpaired) electrons. The highest BCUT2D eigenvalue weighted by molar-refractivity contribution is 6.24. The highest BCUT2D eigenvalue weighted by atomic mass is 16.3. The maximum absolute atomic E-state index is 11.5. The van der Waals surface area contributed by atoms with E-state index in [9.17, 15) is 9.59 Å². The number of carbonyl (C=O) groups excluding carboxylic acids is 2. The van der Waals surface area contributed by atoms with Gasteiger partial charge in [-0.2, -0.15) is 0 Å². The lowest BCUT2D eigenvalue weighted by Gasteiger charge is -2.11. The molecule has 3 aromatic rings. The quantitative estimate of drug-likeness (QED) is 0.604. The molecule has 0 spiro atoms. The van der Waals surface area contributed by atoms with Crippen molar-refractivity contribution in [1.29, 1.82) is 0 Å². The Morgan fingerprint density at radius 3 is 1.41 bits per heavy atom. The zero-order valence-corrected chi connectivity index (χ0v) is 14.9. The Balaban J connectivity index is 0.000000159. The van der Waals surface area contributed by atoms with Crippen LogP contribution >= 0.6 is 0 Å². The third kappa shape index (κ3) is 5.97. The lowest BCUT2D eigenvalue weighted by molar-refractivity contribution is 0.0984. The van der Waals surface area contributed by atoms with Crippen molar-refractivity contribution in [2.24, 2.45) is 0 Å². The minimum absolute atomic E-state index is 0.0461. The van der Waals surface area contributed by atoms with Crippen molar-refractivity contribution in [3.63, 3.8) is 0 Å². The molecule has 0 saturated carbocycles. The lowest BCUT2D eigenvalue weighted by Crippen LogP contribution is -2.14. The molecular formula is C23H20O4. The van der Waals surface area contributed by atoms with E-state index in [1.165, 1.54) is 6.08 Å². The molecule has 0 amide bonds. The van der Waals surface area contributed by atoms with Gasteiger partial charge in [0, 0.05) is 16.7 Å². The molecule has 0 unspecified atom stereocenters. The largest absolute Gasteiger partial charge is 0.508 e. The maximum atomic E-state index is 11.5. The molecule has 0 atom stereocenters. The molecule has 0 heterocycles. The molecule has 4 rings (SSSR count). The highest BCUT2D eigenvalue weighted by Crippen LogP contribution is 2.20. The summed E-state index contributed by atoms with van der Waals surface area (Å²) in [6.45, 7) is 1.66. The van der Waals surface area contributed by atoms with Crippen LogP contribution in [-0.2, 0) is 0 Å². The predicted molar refractivity (Wildman–Crippen MR) is 105 cm³/mol. The first-order valence-electron chi connectivity index (χ1n) is 8.33. The van der Waals surface area contributed by atoms with E-state index in [2.05, 4.69) is 0 Å². The minimum Gasteiger partial charge on any atom is -0.508 e. The number of carbonyl (C=O) groups is 2. The van der Waals surface area contributed by atoms with E-state index < -0.39 is 0 Å².